The van der Waals surface area contributed by atoms with Gasteiger partial charge < -0.3 is 5.32 Å². The van der Waals surface area contributed by atoms with Crippen LogP contribution in [0.1, 0.15) is 5.56 Å². The molecule has 88 valence electrons. The van der Waals surface area contributed by atoms with Gasteiger partial charge in [0.25, 0.3) is 0 Å². The first-order chi connectivity index (χ1) is 8.15. The van der Waals surface area contributed by atoms with Crippen LogP contribution in [0.3, 0.4) is 0 Å². The molecule has 0 saturated carbocycles. The molecule has 0 unspecified atom stereocenters. The van der Waals surface area contributed by atoms with E-state index in [0.717, 1.165) is 20.2 Å². The van der Waals surface area contributed by atoms with E-state index in [9.17, 15) is 4.39 Å². The SMILES string of the molecule is Fc1ccc(Br)c(CNc2ccc(Br)cc2)c1. The van der Waals surface area contributed by atoms with Crippen LogP contribution in [0.25, 0.3) is 0 Å². The molecule has 2 rings (SSSR count). The van der Waals surface area contributed by atoms with E-state index >= 15 is 0 Å². The molecule has 0 aliphatic rings. The molecule has 0 aromatic heterocycles. The van der Waals surface area contributed by atoms with E-state index in [1.54, 1.807) is 6.07 Å². The predicted octanol–water partition coefficient (Wildman–Crippen LogP) is 4.96. The van der Waals surface area contributed by atoms with Crippen molar-refractivity contribution in [3.05, 3.63) is 62.8 Å². The lowest BCUT2D eigenvalue weighted by Crippen LogP contribution is -2.00. The lowest BCUT2D eigenvalue weighted by molar-refractivity contribution is 0.625. The molecule has 0 fully saturated rings. The van der Waals surface area contributed by atoms with Crippen molar-refractivity contribution in [2.24, 2.45) is 0 Å². The van der Waals surface area contributed by atoms with E-state index in [4.69, 9.17) is 0 Å². The molecule has 0 heterocycles. The van der Waals surface area contributed by atoms with E-state index in [0.29, 0.717) is 6.54 Å². The van der Waals surface area contributed by atoms with Crippen LogP contribution in [-0.4, -0.2) is 0 Å². The van der Waals surface area contributed by atoms with Crippen molar-refractivity contribution in [2.45, 2.75) is 6.54 Å². The monoisotopic (exact) mass is 357 g/mol. The van der Waals surface area contributed by atoms with Crippen LogP contribution in [0.4, 0.5) is 10.1 Å². The van der Waals surface area contributed by atoms with Gasteiger partial charge in [-0.3, -0.25) is 0 Å². The Balaban J connectivity index is 2.07. The zero-order valence-corrected chi connectivity index (χ0v) is 12.1. The Hall–Kier alpha value is -0.870. The lowest BCUT2D eigenvalue weighted by Gasteiger charge is -2.08. The van der Waals surface area contributed by atoms with Crippen molar-refractivity contribution in [3.63, 3.8) is 0 Å². The van der Waals surface area contributed by atoms with Gasteiger partial charge in [0.2, 0.25) is 0 Å². The summed E-state index contributed by atoms with van der Waals surface area (Å²) in [5.74, 6) is -0.221. The molecule has 0 spiro atoms. The lowest BCUT2D eigenvalue weighted by atomic mass is 10.2. The second-order valence-corrected chi connectivity index (χ2v) is 5.37. The molecular formula is C13H10Br2FN. The van der Waals surface area contributed by atoms with Gasteiger partial charge in [0.1, 0.15) is 5.82 Å². The van der Waals surface area contributed by atoms with Crippen molar-refractivity contribution in [2.75, 3.05) is 5.32 Å². The summed E-state index contributed by atoms with van der Waals surface area (Å²) in [4.78, 5) is 0. The highest BCUT2D eigenvalue weighted by molar-refractivity contribution is 9.10. The molecule has 2 aromatic carbocycles. The number of hydrogen-bond acceptors (Lipinski definition) is 1. The van der Waals surface area contributed by atoms with Gasteiger partial charge in [-0.25, -0.2) is 4.39 Å². The maximum absolute atomic E-state index is 13.1. The summed E-state index contributed by atoms with van der Waals surface area (Å²) >= 11 is 6.78. The topological polar surface area (TPSA) is 12.0 Å². The van der Waals surface area contributed by atoms with Gasteiger partial charge in [0.15, 0.2) is 0 Å². The Kier molecular flexibility index (Phi) is 4.18. The highest BCUT2D eigenvalue weighted by Gasteiger charge is 2.01. The fraction of sp³-hybridized carbons (Fsp3) is 0.0769. The first-order valence-corrected chi connectivity index (χ1v) is 6.67. The van der Waals surface area contributed by atoms with Crippen LogP contribution in [0.15, 0.2) is 51.4 Å². The largest absolute Gasteiger partial charge is 0.381 e. The van der Waals surface area contributed by atoms with Crippen LogP contribution >= 0.6 is 31.9 Å². The third-order valence-electron chi connectivity index (χ3n) is 2.33. The molecule has 0 saturated heterocycles. The van der Waals surface area contributed by atoms with Gasteiger partial charge in [0.05, 0.1) is 0 Å². The second kappa shape index (κ2) is 5.65. The summed E-state index contributed by atoms with van der Waals surface area (Å²) in [7, 11) is 0. The Morgan fingerprint density at radius 1 is 1.00 bits per heavy atom. The number of hydrogen-bond donors (Lipinski definition) is 1. The molecule has 0 aliphatic carbocycles. The van der Waals surface area contributed by atoms with Crippen LogP contribution in [0, 0.1) is 5.82 Å². The standard InChI is InChI=1S/C13H10Br2FN/c14-10-1-4-12(5-2-10)17-8-9-7-11(16)3-6-13(9)15/h1-7,17H,8H2. The van der Waals surface area contributed by atoms with Gasteiger partial charge in [-0.1, -0.05) is 31.9 Å². The molecule has 4 heteroatoms. The van der Waals surface area contributed by atoms with Gasteiger partial charge in [-0.2, -0.15) is 0 Å². The molecular weight excluding hydrogens is 349 g/mol. The summed E-state index contributed by atoms with van der Waals surface area (Å²) in [6.45, 7) is 0.583. The summed E-state index contributed by atoms with van der Waals surface area (Å²) in [6, 6.07) is 12.5. The Morgan fingerprint density at radius 2 is 1.71 bits per heavy atom. The molecule has 0 bridgehead atoms. The van der Waals surface area contributed by atoms with Gasteiger partial charge in [-0.15, -0.1) is 0 Å². The predicted molar refractivity (Wildman–Crippen MR) is 75.6 cm³/mol. The van der Waals surface area contributed by atoms with E-state index in [1.165, 1.54) is 12.1 Å². The zero-order valence-electron chi connectivity index (χ0n) is 8.88. The minimum absolute atomic E-state index is 0.221. The Morgan fingerprint density at radius 3 is 2.41 bits per heavy atom. The van der Waals surface area contributed by atoms with E-state index in [-0.39, 0.29) is 5.82 Å². The van der Waals surface area contributed by atoms with Crippen LogP contribution in [0.2, 0.25) is 0 Å². The van der Waals surface area contributed by atoms with Crippen LogP contribution in [0.5, 0.6) is 0 Å². The highest BCUT2D eigenvalue weighted by Crippen LogP contribution is 2.20. The number of anilines is 1. The average Bonchev–Trinajstić information content (AvgIpc) is 2.32. The van der Waals surface area contributed by atoms with Gasteiger partial charge in [0, 0.05) is 21.2 Å². The maximum atomic E-state index is 13.1. The van der Waals surface area contributed by atoms with E-state index in [1.807, 2.05) is 24.3 Å². The minimum atomic E-state index is -0.221. The third kappa shape index (κ3) is 3.54. The molecule has 0 amide bonds. The third-order valence-corrected chi connectivity index (χ3v) is 3.64. The number of rotatable bonds is 3. The molecule has 0 atom stereocenters. The van der Waals surface area contributed by atoms with E-state index in [2.05, 4.69) is 37.2 Å². The first-order valence-electron chi connectivity index (χ1n) is 5.08. The maximum Gasteiger partial charge on any atom is 0.123 e. The summed E-state index contributed by atoms with van der Waals surface area (Å²) in [5.41, 5.74) is 1.90. The van der Waals surface area contributed by atoms with Crippen molar-refractivity contribution in [3.8, 4) is 0 Å². The van der Waals surface area contributed by atoms with Crippen molar-refractivity contribution < 1.29 is 4.39 Å². The molecule has 1 nitrogen and oxygen atoms in total. The average molecular weight is 359 g/mol. The molecule has 0 aliphatic heterocycles. The number of nitrogens with one attached hydrogen (secondary N) is 1. The number of benzene rings is 2. The highest BCUT2D eigenvalue weighted by atomic mass is 79.9. The smallest absolute Gasteiger partial charge is 0.123 e. The van der Waals surface area contributed by atoms with Crippen LogP contribution in [-0.2, 0) is 6.54 Å². The van der Waals surface area contributed by atoms with E-state index < -0.39 is 0 Å². The summed E-state index contributed by atoms with van der Waals surface area (Å²) in [5, 5.41) is 3.24. The summed E-state index contributed by atoms with van der Waals surface area (Å²) < 4.78 is 15.0. The Bertz CT molecular complexity index is 511. The van der Waals surface area contributed by atoms with Gasteiger partial charge in [-0.05, 0) is 48.0 Å². The molecule has 0 radical (unpaired) electrons. The molecule has 17 heavy (non-hydrogen) atoms. The van der Waals surface area contributed by atoms with Crippen molar-refractivity contribution >= 4 is 37.5 Å². The quantitative estimate of drug-likeness (QED) is 0.817. The number of halogens is 3. The second-order valence-electron chi connectivity index (χ2n) is 3.60. The first kappa shape index (κ1) is 12.6. The minimum Gasteiger partial charge on any atom is -0.381 e. The molecule has 1 N–H and O–H groups in total. The van der Waals surface area contributed by atoms with Crippen molar-refractivity contribution in [1.82, 2.24) is 0 Å². The Labute approximate surface area is 116 Å². The fourth-order valence-corrected chi connectivity index (χ4v) is 2.09. The summed E-state index contributed by atoms with van der Waals surface area (Å²) in [6.07, 6.45) is 0. The van der Waals surface area contributed by atoms with Crippen LogP contribution < -0.4 is 5.32 Å². The molecule has 2 aromatic rings. The normalized spacial score (nSPS) is 10.3. The van der Waals surface area contributed by atoms with Crippen molar-refractivity contribution in [1.29, 1.82) is 0 Å². The van der Waals surface area contributed by atoms with Gasteiger partial charge >= 0.3 is 0 Å². The zero-order chi connectivity index (χ0) is 12.3. The fourth-order valence-electron chi connectivity index (χ4n) is 1.44.